The third kappa shape index (κ3) is 5.33. The number of carbonyl (C=O) groups excluding carboxylic acids is 3. The zero-order valence-electron chi connectivity index (χ0n) is 18.0. The number of benzene rings is 2. The van der Waals surface area contributed by atoms with E-state index in [1.807, 2.05) is 30.3 Å². The molecule has 0 unspecified atom stereocenters. The van der Waals surface area contributed by atoms with Crippen LogP contribution in [0, 0.1) is 13.8 Å². The number of likely N-dealkylation sites (N-methyl/N-ethyl adjacent to an activating group) is 1. The van der Waals surface area contributed by atoms with Crippen LogP contribution in [0.25, 0.3) is 5.69 Å². The number of hydrogen-bond donors (Lipinski definition) is 1. The number of anilines is 1. The van der Waals surface area contributed by atoms with Crippen molar-refractivity contribution in [3.8, 4) is 5.69 Å². The second kappa shape index (κ2) is 10.1. The second-order valence-corrected chi connectivity index (χ2v) is 7.55. The molecule has 32 heavy (non-hydrogen) atoms. The minimum atomic E-state index is -0.649. The predicted molar refractivity (Wildman–Crippen MR) is 121 cm³/mol. The molecule has 9 heteroatoms. The van der Waals surface area contributed by atoms with Crippen molar-refractivity contribution in [3.63, 3.8) is 0 Å². The molecule has 2 amide bonds. The fourth-order valence-corrected chi connectivity index (χ4v) is 3.31. The Morgan fingerprint density at radius 1 is 1.06 bits per heavy atom. The van der Waals surface area contributed by atoms with Gasteiger partial charge in [-0.15, -0.1) is 0 Å². The molecule has 0 fully saturated rings. The molecule has 0 atom stereocenters. The van der Waals surface area contributed by atoms with Crippen LogP contribution in [-0.4, -0.2) is 52.7 Å². The first kappa shape index (κ1) is 23.0. The van der Waals surface area contributed by atoms with E-state index in [-0.39, 0.29) is 6.54 Å². The molecule has 2 aromatic carbocycles. The van der Waals surface area contributed by atoms with Crippen LogP contribution in [0.4, 0.5) is 5.69 Å². The van der Waals surface area contributed by atoms with Gasteiger partial charge in [0.15, 0.2) is 6.61 Å². The highest BCUT2D eigenvalue weighted by atomic mass is 35.5. The molecule has 0 saturated carbocycles. The Morgan fingerprint density at radius 2 is 1.72 bits per heavy atom. The second-order valence-electron chi connectivity index (χ2n) is 7.15. The van der Waals surface area contributed by atoms with Crippen molar-refractivity contribution in [2.45, 2.75) is 13.8 Å². The summed E-state index contributed by atoms with van der Waals surface area (Å²) in [4.78, 5) is 38.3. The van der Waals surface area contributed by atoms with Crippen LogP contribution in [0.2, 0.25) is 5.02 Å². The van der Waals surface area contributed by atoms with Crippen LogP contribution in [0.1, 0.15) is 21.7 Å². The number of halogens is 1. The largest absolute Gasteiger partial charge is 0.452 e. The molecule has 0 radical (unpaired) electrons. The van der Waals surface area contributed by atoms with Crippen molar-refractivity contribution in [1.29, 1.82) is 0 Å². The van der Waals surface area contributed by atoms with E-state index in [9.17, 15) is 14.4 Å². The van der Waals surface area contributed by atoms with Gasteiger partial charge in [-0.3, -0.25) is 9.59 Å². The molecule has 8 nitrogen and oxygen atoms in total. The molecular weight excluding hydrogens is 432 g/mol. The maximum absolute atomic E-state index is 12.6. The van der Waals surface area contributed by atoms with Gasteiger partial charge in [0.1, 0.15) is 5.56 Å². The zero-order chi connectivity index (χ0) is 23.3. The standard InChI is InChI=1S/C23H23ClN4O4/c1-15-22(16(2)28(26-15)17-9-5-4-6-10-17)23(31)32-14-21(30)27(3)13-20(29)25-19-12-8-7-11-18(19)24/h4-12H,13-14H2,1-3H3,(H,25,29). The van der Waals surface area contributed by atoms with Gasteiger partial charge in [0.25, 0.3) is 5.91 Å². The first-order valence-corrected chi connectivity index (χ1v) is 10.2. The Kier molecular flexibility index (Phi) is 7.27. The minimum absolute atomic E-state index is 0.217. The van der Waals surface area contributed by atoms with Gasteiger partial charge in [-0.25, -0.2) is 9.48 Å². The van der Waals surface area contributed by atoms with Crippen molar-refractivity contribution in [1.82, 2.24) is 14.7 Å². The Labute approximate surface area is 190 Å². The lowest BCUT2D eigenvalue weighted by molar-refractivity contribution is -0.136. The van der Waals surface area contributed by atoms with E-state index in [0.29, 0.717) is 27.7 Å². The first-order chi connectivity index (χ1) is 15.3. The molecule has 0 aliphatic heterocycles. The van der Waals surface area contributed by atoms with Crippen molar-refractivity contribution in [3.05, 3.63) is 76.6 Å². The Hall–Kier alpha value is -3.65. The number of aromatic nitrogens is 2. The average Bonchev–Trinajstić information content (AvgIpc) is 3.07. The van der Waals surface area contributed by atoms with Gasteiger partial charge in [0.2, 0.25) is 5.91 Å². The average molecular weight is 455 g/mol. The maximum atomic E-state index is 12.6. The fourth-order valence-electron chi connectivity index (χ4n) is 3.12. The van der Waals surface area contributed by atoms with Gasteiger partial charge in [-0.2, -0.15) is 5.10 Å². The fraction of sp³-hybridized carbons (Fsp3) is 0.217. The monoisotopic (exact) mass is 454 g/mol. The third-order valence-electron chi connectivity index (χ3n) is 4.78. The predicted octanol–water partition coefficient (Wildman–Crippen LogP) is 3.40. The number of hydrogen-bond acceptors (Lipinski definition) is 5. The van der Waals surface area contributed by atoms with E-state index < -0.39 is 24.4 Å². The summed E-state index contributed by atoms with van der Waals surface area (Å²) in [6.07, 6.45) is 0. The highest BCUT2D eigenvalue weighted by Gasteiger charge is 2.22. The molecule has 3 aromatic rings. The number of rotatable bonds is 7. The van der Waals surface area contributed by atoms with Crippen molar-refractivity contribution < 1.29 is 19.1 Å². The Morgan fingerprint density at radius 3 is 2.41 bits per heavy atom. The molecular formula is C23H23ClN4O4. The highest BCUT2D eigenvalue weighted by Crippen LogP contribution is 2.20. The van der Waals surface area contributed by atoms with E-state index in [2.05, 4.69) is 10.4 Å². The van der Waals surface area contributed by atoms with Crippen LogP contribution in [0.15, 0.2) is 54.6 Å². The van der Waals surface area contributed by atoms with Crippen molar-refractivity contribution in [2.75, 3.05) is 25.5 Å². The topological polar surface area (TPSA) is 93.5 Å². The van der Waals surface area contributed by atoms with Crippen LogP contribution >= 0.6 is 11.6 Å². The molecule has 1 N–H and O–H groups in total. The quantitative estimate of drug-likeness (QED) is 0.552. The van der Waals surface area contributed by atoms with Crippen LogP contribution in [-0.2, 0) is 14.3 Å². The van der Waals surface area contributed by atoms with Crippen LogP contribution in [0.3, 0.4) is 0 Å². The molecule has 3 rings (SSSR count). The van der Waals surface area contributed by atoms with E-state index >= 15 is 0 Å². The highest BCUT2D eigenvalue weighted by molar-refractivity contribution is 6.33. The zero-order valence-corrected chi connectivity index (χ0v) is 18.7. The summed E-state index contributed by atoms with van der Waals surface area (Å²) in [7, 11) is 1.45. The lowest BCUT2D eigenvalue weighted by Crippen LogP contribution is -2.37. The number of para-hydroxylation sites is 2. The van der Waals surface area contributed by atoms with Gasteiger partial charge < -0.3 is 15.0 Å². The molecule has 1 aromatic heterocycles. The summed E-state index contributed by atoms with van der Waals surface area (Å²) in [6.45, 7) is 2.75. The SMILES string of the molecule is Cc1nn(-c2ccccc2)c(C)c1C(=O)OCC(=O)N(C)CC(=O)Nc1ccccc1Cl. The molecule has 0 aliphatic rings. The number of nitrogens with one attached hydrogen (secondary N) is 1. The smallest absolute Gasteiger partial charge is 0.342 e. The molecule has 0 bridgehead atoms. The summed E-state index contributed by atoms with van der Waals surface area (Å²) in [6, 6.07) is 16.2. The molecule has 0 saturated heterocycles. The third-order valence-corrected chi connectivity index (χ3v) is 5.11. The molecule has 0 aliphatic carbocycles. The minimum Gasteiger partial charge on any atom is -0.452 e. The van der Waals surface area contributed by atoms with E-state index in [1.54, 1.807) is 42.8 Å². The van der Waals surface area contributed by atoms with Gasteiger partial charge >= 0.3 is 5.97 Å². The lowest BCUT2D eigenvalue weighted by atomic mass is 10.2. The van der Waals surface area contributed by atoms with Gasteiger partial charge in [0.05, 0.1) is 34.3 Å². The molecule has 166 valence electrons. The van der Waals surface area contributed by atoms with Gasteiger partial charge in [-0.1, -0.05) is 41.9 Å². The van der Waals surface area contributed by atoms with Crippen molar-refractivity contribution >= 4 is 35.1 Å². The number of nitrogens with zero attached hydrogens (tertiary/aromatic N) is 3. The normalized spacial score (nSPS) is 10.5. The van der Waals surface area contributed by atoms with Gasteiger partial charge in [-0.05, 0) is 38.1 Å². The van der Waals surface area contributed by atoms with E-state index in [1.165, 1.54) is 11.9 Å². The number of ether oxygens (including phenoxy) is 1. The number of aryl methyl sites for hydroxylation is 1. The Bertz CT molecular complexity index is 1140. The lowest BCUT2D eigenvalue weighted by Gasteiger charge is -2.17. The Balaban J connectivity index is 1.58. The maximum Gasteiger partial charge on any atom is 0.342 e. The summed E-state index contributed by atoms with van der Waals surface area (Å²) < 4.78 is 6.86. The van der Waals surface area contributed by atoms with Crippen molar-refractivity contribution in [2.24, 2.45) is 0 Å². The summed E-state index contributed by atoms with van der Waals surface area (Å²) in [5.41, 5.74) is 2.68. The van der Waals surface area contributed by atoms with Crippen LogP contribution in [0.5, 0.6) is 0 Å². The number of esters is 1. The van der Waals surface area contributed by atoms with E-state index in [4.69, 9.17) is 16.3 Å². The molecule has 0 spiro atoms. The summed E-state index contributed by atoms with van der Waals surface area (Å²) in [5.74, 6) is -1.58. The summed E-state index contributed by atoms with van der Waals surface area (Å²) >= 11 is 6.02. The summed E-state index contributed by atoms with van der Waals surface area (Å²) in [5, 5.41) is 7.44. The number of carbonyl (C=O) groups is 3. The first-order valence-electron chi connectivity index (χ1n) is 9.85. The molecule has 1 heterocycles. The van der Waals surface area contributed by atoms with E-state index in [0.717, 1.165) is 5.69 Å². The van der Waals surface area contributed by atoms with Crippen LogP contribution < -0.4 is 5.32 Å². The van der Waals surface area contributed by atoms with Gasteiger partial charge in [0, 0.05) is 7.05 Å². The number of amides is 2.